The average Bonchev–Trinajstić information content (AvgIpc) is 3.23. The monoisotopic (exact) mass is 331 g/mol. The molecule has 4 aromatic rings. The molecule has 0 radical (unpaired) electrons. The fourth-order valence-corrected chi connectivity index (χ4v) is 3.07. The normalized spacial score (nSPS) is 11.4. The highest BCUT2D eigenvalue weighted by atomic mass is 32.1. The Hall–Kier alpha value is -2.54. The van der Waals surface area contributed by atoms with Gasteiger partial charge in [-0.05, 0) is 18.4 Å². The molecule has 0 bridgehead atoms. The number of imidazole rings is 1. The Kier molecular flexibility index (Phi) is 3.23. The molecule has 7 heteroatoms. The quantitative estimate of drug-likeness (QED) is 0.559. The van der Waals surface area contributed by atoms with Gasteiger partial charge in [-0.15, -0.1) is 11.3 Å². The maximum absolute atomic E-state index is 13.5. The van der Waals surface area contributed by atoms with Crippen molar-refractivity contribution in [1.29, 1.82) is 0 Å². The molecule has 1 aromatic carbocycles. The van der Waals surface area contributed by atoms with Crippen LogP contribution in [-0.2, 0) is 6.54 Å². The first-order chi connectivity index (χ1) is 11.1. The van der Waals surface area contributed by atoms with Gasteiger partial charge in [-0.3, -0.25) is 0 Å². The Morgan fingerprint density at radius 1 is 1.26 bits per heavy atom. The van der Waals surface area contributed by atoms with Gasteiger partial charge in [-0.25, -0.2) is 18.7 Å². The van der Waals surface area contributed by atoms with Crippen molar-refractivity contribution >= 4 is 22.4 Å². The number of thiophene rings is 1. The van der Waals surface area contributed by atoms with Crippen molar-refractivity contribution in [3.63, 3.8) is 0 Å². The Labute approximate surface area is 134 Å². The molecule has 0 saturated carbocycles. The van der Waals surface area contributed by atoms with E-state index in [0.717, 1.165) is 22.7 Å². The lowest BCUT2D eigenvalue weighted by atomic mass is 10.3. The Balaban J connectivity index is 1.72. The summed E-state index contributed by atoms with van der Waals surface area (Å²) in [7, 11) is 0. The van der Waals surface area contributed by atoms with E-state index in [-0.39, 0.29) is 0 Å². The molecule has 0 unspecified atom stereocenters. The summed E-state index contributed by atoms with van der Waals surface area (Å²) in [5.41, 5.74) is 1.66. The van der Waals surface area contributed by atoms with Crippen LogP contribution in [0.5, 0.6) is 0 Å². The molecule has 23 heavy (non-hydrogen) atoms. The van der Waals surface area contributed by atoms with Crippen molar-refractivity contribution in [1.82, 2.24) is 14.5 Å². The van der Waals surface area contributed by atoms with Gasteiger partial charge in [0.15, 0.2) is 11.6 Å². The summed E-state index contributed by atoms with van der Waals surface area (Å²) >= 11 is 1.55. The van der Waals surface area contributed by atoms with Crippen molar-refractivity contribution in [2.45, 2.75) is 13.5 Å². The maximum atomic E-state index is 13.5. The standard InChI is InChI=1S/C16H11F2N3OS/c1-9-13(20-16(22-9)15-3-2-4-23-15)7-21-8-19-12-5-10(17)11(18)6-14(12)21/h2-6,8H,7H2,1H3. The fraction of sp³-hybridized carbons (Fsp3) is 0.125. The molecule has 3 aromatic heterocycles. The number of halogens is 2. The van der Waals surface area contributed by atoms with Crippen molar-refractivity contribution in [2.75, 3.05) is 0 Å². The second-order valence-electron chi connectivity index (χ2n) is 5.13. The van der Waals surface area contributed by atoms with E-state index in [4.69, 9.17) is 4.42 Å². The first kappa shape index (κ1) is 14.1. The zero-order valence-corrected chi connectivity index (χ0v) is 12.9. The number of aromatic nitrogens is 3. The van der Waals surface area contributed by atoms with E-state index in [1.54, 1.807) is 22.2 Å². The van der Waals surface area contributed by atoms with Gasteiger partial charge in [0.2, 0.25) is 5.89 Å². The molecule has 0 aliphatic carbocycles. The lowest BCUT2D eigenvalue weighted by Crippen LogP contribution is -2.00. The van der Waals surface area contributed by atoms with Crippen LogP contribution in [0.4, 0.5) is 8.78 Å². The van der Waals surface area contributed by atoms with Gasteiger partial charge >= 0.3 is 0 Å². The van der Waals surface area contributed by atoms with Crippen molar-refractivity contribution in [3.8, 4) is 10.8 Å². The summed E-state index contributed by atoms with van der Waals surface area (Å²) in [5, 5.41) is 1.95. The third kappa shape index (κ3) is 2.43. The SMILES string of the molecule is Cc1oc(-c2cccs2)nc1Cn1cnc2cc(F)c(F)cc21. The van der Waals surface area contributed by atoms with Crippen LogP contribution in [0.3, 0.4) is 0 Å². The van der Waals surface area contributed by atoms with Gasteiger partial charge in [0, 0.05) is 12.1 Å². The first-order valence-corrected chi connectivity index (χ1v) is 7.80. The Morgan fingerprint density at radius 2 is 2.09 bits per heavy atom. The highest BCUT2D eigenvalue weighted by Gasteiger charge is 2.15. The summed E-state index contributed by atoms with van der Waals surface area (Å²) < 4.78 is 34.1. The van der Waals surface area contributed by atoms with Gasteiger partial charge in [0.25, 0.3) is 0 Å². The lowest BCUT2D eigenvalue weighted by Gasteiger charge is -2.02. The highest BCUT2D eigenvalue weighted by Crippen LogP contribution is 2.27. The van der Waals surface area contributed by atoms with Crippen molar-refractivity contribution in [3.05, 3.63) is 59.1 Å². The van der Waals surface area contributed by atoms with Gasteiger partial charge in [0.1, 0.15) is 11.5 Å². The third-order valence-corrected chi connectivity index (χ3v) is 4.47. The molecule has 4 rings (SSSR count). The number of fused-ring (bicyclic) bond motifs is 1. The van der Waals surface area contributed by atoms with Crippen LogP contribution in [0.25, 0.3) is 21.8 Å². The zero-order valence-electron chi connectivity index (χ0n) is 12.1. The van der Waals surface area contributed by atoms with Gasteiger partial charge in [0.05, 0.1) is 28.8 Å². The van der Waals surface area contributed by atoms with Gasteiger partial charge in [-0.2, -0.15) is 0 Å². The number of rotatable bonds is 3. The predicted octanol–water partition coefficient (Wildman–Crippen LogP) is 4.39. The minimum absolute atomic E-state index is 0.377. The Morgan fingerprint density at radius 3 is 2.87 bits per heavy atom. The van der Waals surface area contributed by atoms with Gasteiger partial charge < -0.3 is 8.98 Å². The third-order valence-electron chi connectivity index (χ3n) is 3.61. The van der Waals surface area contributed by atoms with Crippen LogP contribution >= 0.6 is 11.3 Å². The van der Waals surface area contributed by atoms with Crippen molar-refractivity contribution in [2.24, 2.45) is 0 Å². The predicted molar refractivity (Wildman–Crippen MR) is 83.3 cm³/mol. The van der Waals surface area contributed by atoms with Crippen LogP contribution in [0.15, 0.2) is 40.4 Å². The molecule has 0 atom stereocenters. The first-order valence-electron chi connectivity index (χ1n) is 6.92. The molecule has 4 nitrogen and oxygen atoms in total. The van der Waals surface area contributed by atoms with E-state index in [1.807, 2.05) is 24.4 Å². The molecule has 0 aliphatic rings. The van der Waals surface area contributed by atoms with E-state index in [9.17, 15) is 8.78 Å². The molecule has 0 saturated heterocycles. The second kappa shape index (κ2) is 5.27. The molecular weight excluding hydrogens is 320 g/mol. The van der Waals surface area contributed by atoms with E-state index < -0.39 is 11.6 Å². The van der Waals surface area contributed by atoms with E-state index in [0.29, 0.717) is 29.2 Å². The number of oxazole rings is 1. The number of hydrogen-bond acceptors (Lipinski definition) is 4. The largest absolute Gasteiger partial charge is 0.440 e. The number of hydrogen-bond donors (Lipinski definition) is 0. The van der Waals surface area contributed by atoms with Crippen LogP contribution in [-0.4, -0.2) is 14.5 Å². The fourth-order valence-electron chi connectivity index (χ4n) is 2.42. The van der Waals surface area contributed by atoms with Crippen LogP contribution in [0, 0.1) is 18.6 Å². The molecule has 0 N–H and O–H groups in total. The Bertz CT molecular complexity index is 989. The topological polar surface area (TPSA) is 43.9 Å². The summed E-state index contributed by atoms with van der Waals surface area (Å²) in [6.45, 7) is 2.21. The second-order valence-corrected chi connectivity index (χ2v) is 6.07. The molecule has 0 spiro atoms. The highest BCUT2D eigenvalue weighted by molar-refractivity contribution is 7.13. The summed E-state index contributed by atoms with van der Waals surface area (Å²) in [6.07, 6.45) is 1.54. The smallest absolute Gasteiger partial charge is 0.236 e. The van der Waals surface area contributed by atoms with E-state index in [1.165, 1.54) is 0 Å². The minimum atomic E-state index is -0.902. The molecule has 0 aliphatic heterocycles. The summed E-state index contributed by atoms with van der Waals surface area (Å²) in [4.78, 5) is 9.55. The van der Waals surface area contributed by atoms with Crippen LogP contribution < -0.4 is 0 Å². The number of nitrogens with zero attached hydrogens (tertiary/aromatic N) is 3. The summed E-state index contributed by atoms with van der Waals surface area (Å²) in [5.74, 6) is -0.539. The van der Waals surface area contributed by atoms with Gasteiger partial charge in [-0.1, -0.05) is 6.07 Å². The minimum Gasteiger partial charge on any atom is -0.440 e. The van der Waals surface area contributed by atoms with Crippen molar-refractivity contribution < 1.29 is 13.2 Å². The van der Waals surface area contributed by atoms with Crippen LogP contribution in [0.1, 0.15) is 11.5 Å². The van der Waals surface area contributed by atoms with E-state index >= 15 is 0 Å². The average molecular weight is 331 g/mol. The van der Waals surface area contributed by atoms with Crippen LogP contribution in [0.2, 0.25) is 0 Å². The molecule has 0 fully saturated rings. The van der Waals surface area contributed by atoms with E-state index in [2.05, 4.69) is 9.97 Å². The summed E-state index contributed by atoms with van der Waals surface area (Å²) in [6, 6.07) is 6.10. The maximum Gasteiger partial charge on any atom is 0.236 e. The lowest BCUT2D eigenvalue weighted by molar-refractivity contribution is 0.510. The molecule has 116 valence electrons. The molecule has 3 heterocycles. The zero-order chi connectivity index (χ0) is 16.0. The number of benzene rings is 1. The molecular formula is C16H11F2N3OS. The number of aryl methyl sites for hydroxylation is 1. The molecule has 0 amide bonds.